The minimum atomic E-state index is -0.0101. The molecule has 0 aromatic heterocycles. The summed E-state index contributed by atoms with van der Waals surface area (Å²) in [7, 11) is 0. The van der Waals surface area contributed by atoms with Gasteiger partial charge in [-0.05, 0) is 95.7 Å². The van der Waals surface area contributed by atoms with Crippen molar-refractivity contribution in [1.82, 2.24) is 4.90 Å². The summed E-state index contributed by atoms with van der Waals surface area (Å²) in [5, 5.41) is 0. The molecule has 266 valence electrons. The highest BCUT2D eigenvalue weighted by atomic mass is 16.5. The monoisotopic (exact) mass is 622 g/mol. The van der Waals surface area contributed by atoms with Crippen molar-refractivity contribution in [3.05, 3.63) is 0 Å². The lowest BCUT2D eigenvalue weighted by Crippen LogP contribution is -2.38. The van der Waals surface area contributed by atoms with Crippen LogP contribution in [0.25, 0.3) is 0 Å². The van der Waals surface area contributed by atoms with Crippen LogP contribution in [-0.4, -0.2) is 36.7 Å². The molecule has 0 aromatic rings. The van der Waals surface area contributed by atoms with Crippen molar-refractivity contribution in [3.8, 4) is 0 Å². The van der Waals surface area contributed by atoms with E-state index in [2.05, 4.69) is 74.1 Å². The summed E-state index contributed by atoms with van der Waals surface area (Å²) in [6.07, 6.45) is 33.6. The first kappa shape index (κ1) is 43.9. The molecule has 0 aliphatic rings. The molecule has 2 nitrogen and oxygen atoms in total. The molecule has 2 heteroatoms. The van der Waals surface area contributed by atoms with Gasteiger partial charge in [0.15, 0.2) is 0 Å². The summed E-state index contributed by atoms with van der Waals surface area (Å²) in [5.74, 6) is 0.664. The minimum Gasteiger partial charge on any atom is -0.376 e. The number of ether oxygens (including phenoxy) is 1. The first-order valence-corrected chi connectivity index (χ1v) is 20.2. The molecule has 0 aliphatic heterocycles. The summed E-state index contributed by atoms with van der Waals surface area (Å²) in [5.41, 5.74) is 0.992. The van der Waals surface area contributed by atoms with Gasteiger partial charge in [-0.25, -0.2) is 0 Å². The van der Waals surface area contributed by atoms with Gasteiger partial charge in [0.05, 0.1) is 5.60 Å². The maximum absolute atomic E-state index is 6.34. The highest BCUT2D eigenvalue weighted by molar-refractivity contribution is 4.81. The Morgan fingerprint density at radius 2 is 0.818 bits per heavy atom. The van der Waals surface area contributed by atoms with Crippen LogP contribution in [0.15, 0.2) is 0 Å². The first-order chi connectivity index (χ1) is 20.8. The van der Waals surface area contributed by atoms with Crippen LogP contribution < -0.4 is 0 Å². The number of hydrogen-bond acceptors (Lipinski definition) is 2. The Morgan fingerprint density at radius 1 is 0.432 bits per heavy atom. The van der Waals surface area contributed by atoms with Crippen LogP contribution in [0.1, 0.15) is 223 Å². The molecule has 0 rings (SSSR count). The van der Waals surface area contributed by atoms with E-state index in [9.17, 15) is 0 Å². The second kappa shape index (κ2) is 26.9. The van der Waals surface area contributed by atoms with E-state index in [0.717, 1.165) is 6.61 Å². The summed E-state index contributed by atoms with van der Waals surface area (Å²) in [6.45, 7) is 28.2. The smallest absolute Gasteiger partial charge is 0.0654 e. The van der Waals surface area contributed by atoms with Crippen LogP contribution in [0.4, 0.5) is 0 Å². The van der Waals surface area contributed by atoms with E-state index in [1.165, 1.54) is 174 Å². The summed E-state index contributed by atoms with van der Waals surface area (Å²) >= 11 is 0. The SMILES string of the molecule is CCCCCCCCC(CCN(CCCCCCCCCC(C)(C)C)CCCCCCCCCC(C)(C)C)C(C)(C)OCC. The molecule has 0 fully saturated rings. The van der Waals surface area contributed by atoms with Gasteiger partial charge in [0.25, 0.3) is 0 Å². The molecular weight excluding hydrogens is 534 g/mol. The Hall–Kier alpha value is -0.0800. The van der Waals surface area contributed by atoms with Crippen LogP contribution >= 0.6 is 0 Å². The van der Waals surface area contributed by atoms with Gasteiger partial charge < -0.3 is 9.64 Å². The van der Waals surface area contributed by atoms with Gasteiger partial charge in [0.1, 0.15) is 0 Å². The van der Waals surface area contributed by atoms with Gasteiger partial charge >= 0.3 is 0 Å². The second-order valence-corrected chi connectivity index (χ2v) is 17.5. The van der Waals surface area contributed by atoms with Crippen LogP contribution in [0, 0.1) is 16.7 Å². The lowest BCUT2D eigenvalue weighted by atomic mass is 9.83. The van der Waals surface area contributed by atoms with Crippen molar-refractivity contribution in [2.24, 2.45) is 16.7 Å². The molecule has 0 radical (unpaired) electrons. The standard InChI is InChI=1S/C42H87NO/c1-11-13-14-15-22-27-32-39(42(9,10)44-12-2)33-38-43(36-30-25-20-16-18-23-28-34-40(3,4)5)37-31-26-21-17-19-24-29-35-41(6,7)8/h39H,11-38H2,1-10H3. The third-order valence-corrected chi connectivity index (χ3v) is 10.0. The quantitative estimate of drug-likeness (QED) is 0.0714. The molecule has 0 spiro atoms. The van der Waals surface area contributed by atoms with E-state index in [1.54, 1.807) is 0 Å². The van der Waals surface area contributed by atoms with E-state index >= 15 is 0 Å². The Balaban J connectivity index is 4.69. The van der Waals surface area contributed by atoms with Crippen molar-refractivity contribution < 1.29 is 4.74 Å². The summed E-state index contributed by atoms with van der Waals surface area (Å²) in [4.78, 5) is 2.85. The molecule has 1 atom stereocenters. The van der Waals surface area contributed by atoms with Crippen LogP contribution in [0.3, 0.4) is 0 Å². The fraction of sp³-hybridized carbons (Fsp3) is 1.00. The lowest BCUT2D eigenvalue weighted by Gasteiger charge is -2.36. The van der Waals surface area contributed by atoms with Gasteiger partial charge in [-0.2, -0.15) is 0 Å². The average Bonchev–Trinajstić information content (AvgIpc) is 2.92. The van der Waals surface area contributed by atoms with Crippen molar-refractivity contribution in [2.75, 3.05) is 26.2 Å². The molecule has 0 amide bonds. The molecule has 0 saturated carbocycles. The number of hydrogen-bond donors (Lipinski definition) is 0. The Labute approximate surface area is 281 Å². The van der Waals surface area contributed by atoms with Crippen LogP contribution in [0.5, 0.6) is 0 Å². The van der Waals surface area contributed by atoms with Gasteiger partial charge in [0, 0.05) is 6.61 Å². The van der Waals surface area contributed by atoms with E-state index in [0.29, 0.717) is 16.7 Å². The minimum absolute atomic E-state index is 0.0101. The number of unbranched alkanes of at least 4 members (excludes halogenated alkanes) is 17. The van der Waals surface area contributed by atoms with E-state index in [-0.39, 0.29) is 5.60 Å². The Morgan fingerprint density at radius 3 is 1.23 bits per heavy atom. The first-order valence-electron chi connectivity index (χ1n) is 20.2. The van der Waals surface area contributed by atoms with E-state index in [4.69, 9.17) is 4.74 Å². The number of nitrogens with zero attached hydrogens (tertiary/aromatic N) is 1. The molecule has 44 heavy (non-hydrogen) atoms. The van der Waals surface area contributed by atoms with Gasteiger partial charge in [0.2, 0.25) is 0 Å². The maximum atomic E-state index is 6.34. The normalized spacial score (nSPS) is 13.7. The molecule has 0 N–H and O–H groups in total. The van der Waals surface area contributed by atoms with Crippen LogP contribution in [-0.2, 0) is 4.74 Å². The zero-order valence-electron chi connectivity index (χ0n) is 32.7. The third kappa shape index (κ3) is 29.3. The van der Waals surface area contributed by atoms with E-state index < -0.39 is 0 Å². The predicted molar refractivity (Wildman–Crippen MR) is 201 cm³/mol. The molecule has 0 saturated heterocycles. The fourth-order valence-corrected chi connectivity index (χ4v) is 6.92. The maximum Gasteiger partial charge on any atom is 0.0654 e. The lowest BCUT2D eigenvalue weighted by molar-refractivity contribution is -0.0619. The van der Waals surface area contributed by atoms with Gasteiger partial charge in [-0.1, -0.05) is 164 Å². The molecule has 0 bridgehead atoms. The zero-order chi connectivity index (χ0) is 33.2. The van der Waals surface area contributed by atoms with Crippen LogP contribution in [0.2, 0.25) is 0 Å². The molecular formula is C42H87NO. The Bertz CT molecular complexity index is 566. The molecule has 0 heterocycles. The third-order valence-electron chi connectivity index (χ3n) is 10.0. The zero-order valence-corrected chi connectivity index (χ0v) is 32.7. The largest absolute Gasteiger partial charge is 0.376 e. The highest BCUT2D eigenvalue weighted by Crippen LogP contribution is 2.30. The molecule has 0 aliphatic carbocycles. The van der Waals surface area contributed by atoms with Gasteiger partial charge in [-0.15, -0.1) is 0 Å². The predicted octanol–water partition coefficient (Wildman–Crippen LogP) is 14.2. The molecule has 0 aromatic carbocycles. The van der Waals surface area contributed by atoms with Crippen molar-refractivity contribution in [3.63, 3.8) is 0 Å². The van der Waals surface area contributed by atoms with Crippen molar-refractivity contribution in [2.45, 2.75) is 229 Å². The Kier molecular flexibility index (Phi) is 26.9. The second-order valence-electron chi connectivity index (χ2n) is 17.5. The topological polar surface area (TPSA) is 12.5 Å². The van der Waals surface area contributed by atoms with Crippen molar-refractivity contribution >= 4 is 0 Å². The summed E-state index contributed by atoms with van der Waals surface area (Å²) < 4.78 is 6.34. The molecule has 1 unspecified atom stereocenters. The highest BCUT2D eigenvalue weighted by Gasteiger charge is 2.29. The average molecular weight is 622 g/mol. The van der Waals surface area contributed by atoms with E-state index in [1.807, 2.05) is 0 Å². The number of rotatable bonds is 31. The van der Waals surface area contributed by atoms with Crippen molar-refractivity contribution in [1.29, 1.82) is 0 Å². The summed E-state index contributed by atoms with van der Waals surface area (Å²) in [6, 6.07) is 0. The fourth-order valence-electron chi connectivity index (χ4n) is 6.92. The van der Waals surface area contributed by atoms with Gasteiger partial charge in [-0.3, -0.25) is 0 Å².